The van der Waals surface area contributed by atoms with Crippen LogP contribution in [0, 0.1) is 0 Å². The molecule has 2 saturated carbocycles. The van der Waals surface area contributed by atoms with Gasteiger partial charge in [0.2, 0.25) is 0 Å². The van der Waals surface area contributed by atoms with Gasteiger partial charge in [-0.3, -0.25) is 0 Å². The van der Waals surface area contributed by atoms with Gasteiger partial charge in [0.05, 0.1) is 12.6 Å². The zero-order chi connectivity index (χ0) is 19.9. The maximum Gasteiger partial charge on any atom is 0.191 e. The normalized spacial score (nSPS) is 22.4. The van der Waals surface area contributed by atoms with Crippen LogP contribution in [-0.2, 0) is 6.54 Å². The molecular weight excluding hydrogens is 360 g/mol. The highest BCUT2D eigenvalue weighted by Gasteiger charge is 2.31. The highest BCUT2D eigenvalue weighted by Crippen LogP contribution is 2.29. The van der Waals surface area contributed by atoms with Gasteiger partial charge in [0.1, 0.15) is 5.75 Å². The monoisotopic (exact) mass is 398 g/mol. The molecule has 2 aliphatic carbocycles. The lowest BCUT2D eigenvalue weighted by Crippen LogP contribution is -2.49. The lowest BCUT2D eigenvalue weighted by Gasteiger charge is -2.33. The van der Waals surface area contributed by atoms with Crippen LogP contribution >= 0.6 is 0 Å². The Labute approximate surface area is 176 Å². The van der Waals surface area contributed by atoms with Crippen molar-refractivity contribution >= 4 is 5.96 Å². The minimum Gasteiger partial charge on any atom is -0.490 e. The minimum atomic E-state index is 0.392. The fourth-order valence-corrected chi connectivity index (χ4v) is 4.62. The molecule has 1 aliphatic heterocycles. The summed E-state index contributed by atoms with van der Waals surface area (Å²) in [4.78, 5) is 7.52. The van der Waals surface area contributed by atoms with Gasteiger partial charge in [0.25, 0.3) is 0 Å². The molecule has 0 spiro atoms. The molecule has 0 bridgehead atoms. The second kappa shape index (κ2) is 10.3. The van der Waals surface area contributed by atoms with Crippen molar-refractivity contribution in [3.05, 3.63) is 29.8 Å². The van der Waals surface area contributed by atoms with Gasteiger partial charge in [-0.15, -0.1) is 0 Å². The molecule has 3 fully saturated rings. The van der Waals surface area contributed by atoms with Gasteiger partial charge in [0, 0.05) is 31.7 Å². The average molecular weight is 399 g/mol. The number of piperidine rings is 1. The average Bonchev–Trinajstić information content (AvgIpc) is 3.59. The van der Waals surface area contributed by atoms with Crippen molar-refractivity contribution in [3.8, 4) is 5.75 Å². The molecule has 0 atom stereocenters. The Morgan fingerprint density at radius 3 is 2.59 bits per heavy atom. The predicted molar refractivity (Wildman–Crippen MR) is 120 cm³/mol. The molecule has 0 unspecified atom stereocenters. The van der Waals surface area contributed by atoms with Crippen LogP contribution in [0.5, 0.6) is 5.75 Å². The first-order valence-corrected chi connectivity index (χ1v) is 11.8. The number of rotatable bonds is 7. The molecule has 0 aromatic heterocycles. The van der Waals surface area contributed by atoms with Gasteiger partial charge >= 0.3 is 0 Å². The number of benzene rings is 1. The summed E-state index contributed by atoms with van der Waals surface area (Å²) >= 11 is 0. The van der Waals surface area contributed by atoms with Crippen molar-refractivity contribution < 1.29 is 4.74 Å². The molecule has 1 aromatic carbocycles. The summed E-state index contributed by atoms with van der Waals surface area (Å²) in [5.74, 6) is 1.94. The van der Waals surface area contributed by atoms with Crippen LogP contribution in [0.1, 0.15) is 70.3 Å². The molecule has 1 aromatic rings. The van der Waals surface area contributed by atoms with E-state index in [1.54, 1.807) is 0 Å². The Hall–Kier alpha value is -1.75. The van der Waals surface area contributed by atoms with Crippen LogP contribution < -0.4 is 15.4 Å². The zero-order valence-electron chi connectivity index (χ0n) is 18.0. The summed E-state index contributed by atoms with van der Waals surface area (Å²) < 4.78 is 6.22. The third kappa shape index (κ3) is 6.36. The number of nitrogens with zero attached hydrogens (tertiary/aromatic N) is 2. The van der Waals surface area contributed by atoms with E-state index in [-0.39, 0.29) is 0 Å². The first kappa shape index (κ1) is 20.5. The summed E-state index contributed by atoms with van der Waals surface area (Å²) in [5, 5.41) is 7.09. The van der Waals surface area contributed by atoms with E-state index in [1.165, 1.54) is 76.4 Å². The topological polar surface area (TPSA) is 48.9 Å². The number of nitrogens with one attached hydrogen (secondary N) is 2. The molecule has 2 N–H and O–H groups in total. The quantitative estimate of drug-likeness (QED) is 0.537. The van der Waals surface area contributed by atoms with E-state index in [0.29, 0.717) is 18.7 Å². The van der Waals surface area contributed by atoms with Gasteiger partial charge in [0.15, 0.2) is 5.96 Å². The first-order chi connectivity index (χ1) is 14.3. The summed E-state index contributed by atoms with van der Waals surface area (Å²) in [6.45, 7) is 6.14. The lowest BCUT2D eigenvalue weighted by molar-refractivity contribution is 0.155. The van der Waals surface area contributed by atoms with E-state index in [4.69, 9.17) is 9.73 Å². The molecule has 4 rings (SSSR count). The summed E-state index contributed by atoms with van der Waals surface area (Å²) in [6.07, 6.45) is 12.0. The van der Waals surface area contributed by atoms with E-state index in [0.717, 1.165) is 24.3 Å². The lowest BCUT2D eigenvalue weighted by atomic mass is 9.98. The fraction of sp³-hybridized carbons (Fsp3) is 0.708. The number of hydrogen-bond acceptors (Lipinski definition) is 3. The summed E-state index contributed by atoms with van der Waals surface area (Å²) in [7, 11) is 0. The Kier molecular flexibility index (Phi) is 7.31. The summed E-state index contributed by atoms with van der Waals surface area (Å²) in [6, 6.07) is 9.91. The van der Waals surface area contributed by atoms with Crippen LogP contribution in [0.3, 0.4) is 0 Å². The van der Waals surface area contributed by atoms with Crippen molar-refractivity contribution in [2.24, 2.45) is 4.99 Å². The van der Waals surface area contributed by atoms with E-state index >= 15 is 0 Å². The Balaban J connectivity index is 1.29. The largest absolute Gasteiger partial charge is 0.490 e. The second-order valence-electron chi connectivity index (χ2n) is 8.91. The molecule has 5 nitrogen and oxygen atoms in total. The minimum absolute atomic E-state index is 0.392. The smallest absolute Gasteiger partial charge is 0.191 e. The molecular formula is C24H38N4O. The van der Waals surface area contributed by atoms with Gasteiger partial charge in [-0.05, 0) is 76.0 Å². The van der Waals surface area contributed by atoms with Gasteiger partial charge < -0.3 is 20.3 Å². The van der Waals surface area contributed by atoms with Gasteiger partial charge in [-0.1, -0.05) is 18.6 Å². The van der Waals surface area contributed by atoms with Crippen molar-refractivity contribution in [1.82, 2.24) is 15.5 Å². The van der Waals surface area contributed by atoms with Crippen molar-refractivity contribution in [2.75, 3.05) is 19.6 Å². The van der Waals surface area contributed by atoms with Crippen LogP contribution in [0.4, 0.5) is 0 Å². The molecule has 0 amide bonds. The number of guanidine groups is 1. The highest BCUT2D eigenvalue weighted by atomic mass is 16.5. The van der Waals surface area contributed by atoms with Crippen molar-refractivity contribution in [2.45, 2.75) is 89.4 Å². The van der Waals surface area contributed by atoms with Crippen molar-refractivity contribution in [3.63, 3.8) is 0 Å². The van der Waals surface area contributed by atoms with Gasteiger partial charge in [-0.2, -0.15) is 0 Å². The SMILES string of the molecule is CCNC(=NCc1cccc(OC2CCCCC2)c1)NC1CCN(C2CC2)CC1. The number of ether oxygens (including phenoxy) is 1. The van der Waals surface area contributed by atoms with Gasteiger partial charge in [-0.25, -0.2) is 4.99 Å². The maximum atomic E-state index is 6.22. The van der Waals surface area contributed by atoms with E-state index in [9.17, 15) is 0 Å². The summed E-state index contributed by atoms with van der Waals surface area (Å²) in [5.41, 5.74) is 1.21. The number of aliphatic imine (C=N–C) groups is 1. The predicted octanol–water partition coefficient (Wildman–Crippen LogP) is 4.08. The first-order valence-electron chi connectivity index (χ1n) is 11.8. The molecule has 1 saturated heterocycles. The third-order valence-corrected chi connectivity index (χ3v) is 6.45. The number of likely N-dealkylation sites (tertiary alicyclic amines) is 1. The molecule has 29 heavy (non-hydrogen) atoms. The molecule has 0 radical (unpaired) electrons. The second-order valence-corrected chi connectivity index (χ2v) is 8.91. The zero-order valence-corrected chi connectivity index (χ0v) is 18.0. The molecule has 3 aliphatic rings. The molecule has 1 heterocycles. The molecule has 160 valence electrons. The standard InChI is InChI=1S/C24H38N4O/c1-2-25-24(27-20-13-15-28(16-14-20)21-11-12-21)26-18-19-7-6-10-23(17-19)29-22-8-4-3-5-9-22/h6-7,10,17,20-22H,2-5,8-9,11-16,18H2,1H3,(H2,25,26,27). The van der Waals surface area contributed by atoms with Crippen molar-refractivity contribution in [1.29, 1.82) is 0 Å². The van der Waals surface area contributed by atoms with E-state index < -0.39 is 0 Å². The third-order valence-electron chi connectivity index (χ3n) is 6.45. The maximum absolute atomic E-state index is 6.22. The Morgan fingerprint density at radius 2 is 1.86 bits per heavy atom. The van der Waals surface area contributed by atoms with Crippen LogP contribution in [0.15, 0.2) is 29.3 Å². The highest BCUT2D eigenvalue weighted by molar-refractivity contribution is 5.80. The van der Waals surface area contributed by atoms with E-state index in [2.05, 4.69) is 46.7 Å². The van der Waals surface area contributed by atoms with Crippen LogP contribution in [0.25, 0.3) is 0 Å². The fourth-order valence-electron chi connectivity index (χ4n) is 4.62. The number of hydrogen-bond donors (Lipinski definition) is 2. The van der Waals surface area contributed by atoms with E-state index in [1.807, 2.05) is 0 Å². The molecule has 5 heteroatoms. The van der Waals surface area contributed by atoms with Crippen LogP contribution in [0.2, 0.25) is 0 Å². The Bertz CT molecular complexity index is 659. The van der Waals surface area contributed by atoms with Crippen LogP contribution in [-0.4, -0.2) is 48.7 Å². The Morgan fingerprint density at radius 1 is 1.07 bits per heavy atom.